The third-order valence-corrected chi connectivity index (χ3v) is 3.72. The lowest BCUT2D eigenvalue weighted by Gasteiger charge is -2.14. The van der Waals surface area contributed by atoms with E-state index in [1.807, 2.05) is 0 Å². The predicted octanol–water partition coefficient (Wildman–Crippen LogP) is 4.39. The number of alkyl halides is 3. The summed E-state index contributed by atoms with van der Waals surface area (Å²) < 4.78 is 39.2. The third-order valence-electron chi connectivity index (χ3n) is 3.49. The molecule has 0 atom stereocenters. The molecule has 1 amide bonds. The van der Waals surface area contributed by atoms with E-state index in [-0.39, 0.29) is 28.5 Å². The Morgan fingerprint density at radius 2 is 1.96 bits per heavy atom. The number of rotatable bonds is 4. The van der Waals surface area contributed by atoms with Crippen LogP contribution in [0.2, 0.25) is 5.02 Å². The fourth-order valence-electron chi connectivity index (χ4n) is 2.10. The van der Waals surface area contributed by atoms with Crippen LogP contribution in [-0.2, 0) is 6.18 Å². The normalized spacial score (nSPS) is 14.3. The van der Waals surface area contributed by atoms with Gasteiger partial charge in [-0.2, -0.15) is 13.2 Å². The molecule has 0 radical (unpaired) electrons. The van der Waals surface area contributed by atoms with Crippen molar-refractivity contribution in [3.8, 4) is 0 Å². The Bertz CT molecular complexity index is 758. The molecule has 1 aromatic heterocycles. The summed E-state index contributed by atoms with van der Waals surface area (Å²) in [6.45, 7) is 0. The molecule has 0 unspecified atom stereocenters. The fourth-order valence-corrected chi connectivity index (χ4v) is 2.27. The Kier molecular flexibility index (Phi) is 4.36. The van der Waals surface area contributed by atoms with Crippen LogP contribution < -0.4 is 10.6 Å². The average molecular weight is 356 g/mol. The highest BCUT2D eigenvalue weighted by atomic mass is 35.5. The van der Waals surface area contributed by atoms with Crippen LogP contribution in [-0.4, -0.2) is 16.9 Å². The second-order valence-electron chi connectivity index (χ2n) is 5.49. The van der Waals surface area contributed by atoms with Gasteiger partial charge in [-0.25, -0.2) is 4.98 Å². The molecular formula is C16H13ClF3N3O. The number of amides is 1. The van der Waals surface area contributed by atoms with Crippen LogP contribution in [0.1, 0.15) is 28.8 Å². The first-order chi connectivity index (χ1) is 11.3. The van der Waals surface area contributed by atoms with Gasteiger partial charge in [-0.05, 0) is 43.2 Å². The molecule has 0 spiro atoms. The lowest BCUT2D eigenvalue weighted by molar-refractivity contribution is -0.136. The summed E-state index contributed by atoms with van der Waals surface area (Å²) in [7, 11) is 0. The molecule has 1 aliphatic rings. The van der Waals surface area contributed by atoms with Gasteiger partial charge in [-0.1, -0.05) is 11.6 Å². The van der Waals surface area contributed by atoms with Gasteiger partial charge in [0.2, 0.25) is 0 Å². The van der Waals surface area contributed by atoms with E-state index in [1.54, 1.807) is 0 Å². The van der Waals surface area contributed by atoms with Gasteiger partial charge in [0.15, 0.2) is 0 Å². The van der Waals surface area contributed by atoms with Crippen LogP contribution >= 0.6 is 11.6 Å². The molecule has 2 aromatic rings. The number of nitrogens with one attached hydrogen (secondary N) is 2. The third kappa shape index (κ3) is 3.97. The summed E-state index contributed by atoms with van der Waals surface area (Å²) in [6.07, 6.45) is -1.29. The summed E-state index contributed by atoms with van der Waals surface area (Å²) in [5, 5.41) is 5.41. The Hall–Kier alpha value is -2.28. The maximum Gasteiger partial charge on any atom is 0.418 e. The van der Waals surface area contributed by atoms with Crippen molar-refractivity contribution in [2.75, 3.05) is 5.32 Å². The highest BCUT2D eigenvalue weighted by Gasteiger charge is 2.34. The highest BCUT2D eigenvalue weighted by molar-refractivity contribution is 6.30. The van der Waals surface area contributed by atoms with Gasteiger partial charge in [-0.3, -0.25) is 4.79 Å². The first-order valence-corrected chi connectivity index (χ1v) is 7.61. The molecule has 2 N–H and O–H groups in total. The Morgan fingerprint density at radius 3 is 2.54 bits per heavy atom. The fraction of sp³-hybridized carbons (Fsp3) is 0.250. The van der Waals surface area contributed by atoms with Crippen molar-refractivity contribution in [2.24, 2.45) is 0 Å². The standard InChI is InChI=1S/C16H13ClF3N3O/c17-10-2-5-13(12(7-10)16(18,19)20)23-14-6-1-9(8-21-14)15(24)22-11-3-4-11/h1-2,5-8,11H,3-4H2,(H,21,23)(H,22,24). The zero-order valence-corrected chi connectivity index (χ0v) is 13.1. The summed E-state index contributed by atoms with van der Waals surface area (Å²) in [4.78, 5) is 15.8. The first kappa shape index (κ1) is 16.6. The van der Waals surface area contributed by atoms with Gasteiger partial charge in [0, 0.05) is 17.3 Å². The topological polar surface area (TPSA) is 54.0 Å². The van der Waals surface area contributed by atoms with Crippen LogP contribution in [0.4, 0.5) is 24.7 Å². The number of halogens is 4. The van der Waals surface area contributed by atoms with E-state index >= 15 is 0 Å². The van der Waals surface area contributed by atoms with Crippen molar-refractivity contribution in [3.05, 3.63) is 52.7 Å². The number of nitrogens with zero attached hydrogens (tertiary/aromatic N) is 1. The van der Waals surface area contributed by atoms with Crippen molar-refractivity contribution >= 4 is 29.0 Å². The minimum absolute atomic E-state index is 0.00655. The summed E-state index contributed by atoms with van der Waals surface area (Å²) in [5.41, 5.74) is -0.679. The molecule has 1 aliphatic carbocycles. The SMILES string of the molecule is O=C(NC1CC1)c1ccc(Nc2ccc(Cl)cc2C(F)(F)F)nc1. The first-order valence-electron chi connectivity index (χ1n) is 7.23. The van der Waals surface area contributed by atoms with Gasteiger partial charge in [0.05, 0.1) is 16.8 Å². The highest BCUT2D eigenvalue weighted by Crippen LogP contribution is 2.37. The number of benzene rings is 1. The number of hydrogen-bond donors (Lipinski definition) is 2. The minimum atomic E-state index is -4.54. The molecular weight excluding hydrogens is 343 g/mol. The Morgan fingerprint density at radius 1 is 1.21 bits per heavy atom. The quantitative estimate of drug-likeness (QED) is 0.855. The van der Waals surface area contributed by atoms with Crippen molar-refractivity contribution < 1.29 is 18.0 Å². The number of carbonyl (C=O) groups excluding carboxylic acids is 1. The summed E-state index contributed by atoms with van der Waals surface area (Å²) in [5.74, 6) is -0.0372. The molecule has 3 rings (SSSR count). The van der Waals surface area contributed by atoms with Crippen LogP contribution in [0.5, 0.6) is 0 Å². The number of hydrogen-bond acceptors (Lipinski definition) is 3. The molecule has 24 heavy (non-hydrogen) atoms. The molecule has 0 saturated heterocycles. The average Bonchev–Trinajstić information content (AvgIpc) is 3.32. The Labute approximate surface area is 141 Å². The van der Waals surface area contributed by atoms with E-state index in [2.05, 4.69) is 15.6 Å². The van der Waals surface area contributed by atoms with Crippen molar-refractivity contribution in [1.29, 1.82) is 0 Å². The van der Waals surface area contributed by atoms with Gasteiger partial charge >= 0.3 is 6.18 Å². The smallest absolute Gasteiger partial charge is 0.349 e. The van der Waals surface area contributed by atoms with Crippen molar-refractivity contribution in [3.63, 3.8) is 0 Å². The van der Waals surface area contributed by atoms with Gasteiger partial charge in [0.25, 0.3) is 5.91 Å². The maximum atomic E-state index is 13.1. The molecule has 1 fully saturated rings. The molecule has 0 aliphatic heterocycles. The molecule has 126 valence electrons. The number of carbonyl (C=O) groups is 1. The van der Waals surface area contributed by atoms with Crippen LogP contribution in [0, 0.1) is 0 Å². The van der Waals surface area contributed by atoms with Crippen LogP contribution in [0.15, 0.2) is 36.5 Å². The molecule has 1 saturated carbocycles. The van der Waals surface area contributed by atoms with E-state index < -0.39 is 11.7 Å². The lowest BCUT2D eigenvalue weighted by Crippen LogP contribution is -2.25. The van der Waals surface area contributed by atoms with E-state index in [9.17, 15) is 18.0 Å². The van der Waals surface area contributed by atoms with Crippen LogP contribution in [0.25, 0.3) is 0 Å². The zero-order valence-electron chi connectivity index (χ0n) is 12.3. The predicted molar refractivity (Wildman–Crippen MR) is 84.5 cm³/mol. The second kappa shape index (κ2) is 6.32. The Balaban J connectivity index is 1.77. The minimum Gasteiger partial charge on any atom is -0.349 e. The van der Waals surface area contributed by atoms with Gasteiger partial charge in [-0.15, -0.1) is 0 Å². The second-order valence-corrected chi connectivity index (χ2v) is 5.93. The number of anilines is 2. The number of aromatic nitrogens is 1. The van der Waals surface area contributed by atoms with Gasteiger partial charge in [0.1, 0.15) is 5.82 Å². The molecule has 8 heteroatoms. The number of pyridine rings is 1. The van der Waals surface area contributed by atoms with Crippen molar-refractivity contribution in [2.45, 2.75) is 25.1 Å². The summed E-state index contributed by atoms with van der Waals surface area (Å²) in [6, 6.07) is 6.63. The van der Waals surface area contributed by atoms with E-state index in [0.29, 0.717) is 5.56 Å². The van der Waals surface area contributed by atoms with Crippen molar-refractivity contribution in [1.82, 2.24) is 10.3 Å². The van der Waals surface area contributed by atoms with Crippen LogP contribution in [0.3, 0.4) is 0 Å². The monoisotopic (exact) mass is 355 g/mol. The molecule has 1 aromatic carbocycles. The zero-order chi connectivity index (χ0) is 17.3. The molecule has 0 bridgehead atoms. The molecule has 1 heterocycles. The van der Waals surface area contributed by atoms with E-state index in [1.165, 1.54) is 30.5 Å². The van der Waals surface area contributed by atoms with E-state index in [0.717, 1.165) is 18.9 Å². The maximum absolute atomic E-state index is 13.1. The van der Waals surface area contributed by atoms with E-state index in [4.69, 9.17) is 11.6 Å². The molecule has 4 nitrogen and oxygen atoms in total. The van der Waals surface area contributed by atoms with Gasteiger partial charge < -0.3 is 10.6 Å². The summed E-state index contributed by atoms with van der Waals surface area (Å²) >= 11 is 5.64. The largest absolute Gasteiger partial charge is 0.418 e. The lowest BCUT2D eigenvalue weighted by atomic mass is 10.1.